The number of allylic oxidation sites excluding steroid dienone is 1. The maximum atomic E-state index is 14.2. The third-order valence-corrected chi connectivity index (χ3v) is 11.3. The summed E-state index contributed by atoms with van der Waals surface area (Å²) >= 11 is 0. The lowest BCUT2D eigenvalue weighted by atomic mass is 9.82. The third kappa shape index (κ3) is 9.01. The molecular formula is C44H53N3O9. The zero-order valence-corrected chi connectivity index (χ0v) is 32.7. The maximum absolute atomic E-state index is 14.2. The van der Waals surface area contributed by atoms with E-state index in [9.17, 15) is 34.2 Å². The Morgan fingerprint density at radius 2 is 1.75 bits per heavy atom. The van der Waals surface area contributed by atoms with E-state index in [2.05, 4.69) is 5.32 Å². The van der Waals surface area contributed by atoms with E-state index < -0.39 is 35.7 Å². The van der Waals surface area contributed by atoms with Gasteiger partial charge in [0.25, 0.3) is 5.56 Å². The van der Waals surface area contributed by atoms with E-state index in [0.29, 0.717) is 69.5 Å². The molecule has 0 radical (unpaired) electrons. The Hall–Kier alpha value is -5.39. The molecule has 3 aliphatic heterocycles. The molecule has 56 heavy (non-hydrogen) atoms. The molecule has 1 aromatic heterocycles. The highest BCUT2D eigenvalue weighted by Gasteiger charge is 2.39. The first-order valence-corrected chi connectivity index (χ1v) is 19.7. The molecule has 6 rings (SSSR count). The Kier molecular flexibility index (Phi) is 12.7. The minimum Gasteiger partial charge on any atom is -0.507 e. The quantitative estimate of drug-likeness (QED) is 0.231. The van der Waals surface area contributed by atoms with Crippen LogP contribution in [0.15, 0.2) is 59.4 Å². The first kappa shape index (κ1) is 40.3. The summed E-state index contributed by atoms with van der Waals surface area (Å²) in [7, 11) is 1.53. The number of aromatic hydroxyl groups is 2. The van der Waals surface area contributed by atoms with Gasteiger partial charge in [-0.05, 0) is 86.3 Å². The van der Waals surface area contributed by atoms with E-state index in [0.717, 1.165) is 12.1 Å². The van der Waals surface area contributed by atoms with Gasteiger partial charge < -0.3 is 34.5 Å². The minimum absolute atomic E-state index is 0.0111. The Bertz CT molecular complexity index is 2040. The number of esters is 1. The number of carbonyl (C=O) groups is 4. The number of ether oxygens (including phenoxy) is 2. The molecule has 12 nitrogen and oxygen atoms in total. The molecule has 2 aromatic carbocycles. The highest BCUT2D eigenvalue weighted by molar-refractivity contribution is 5.98. The zero-order chi connectivity index (χ0) is 40.1. The number of aromatic nitrogens is 1. The number of fused-ring (bicyclic) bond motifs is 5. The molecule has 4 heterocycles. The molecule has 0 saturated carbocycles. The number of likely N-dealkylation sites (tertiary alicyclic amines) is 1. The number of benzene rings is 2. The monoisotopic (exact) mass is 767 g/mol. The van der Waals surface area contributed by atoms with Gasteiger partial charge in [-0.3, -0.25) is 19.2 Å². The second-order valence-corrected chi connectivity index (χ2v) is 15.8. The highest BCUT2D eigenvalue weighted by atomic mass is 16.5. The molecule has 0 aliphatic carbocycles. The van der Waals surface area contributed by atoms with Crippen LogP contribution in [-0.2, 0) is 25.7 Å². The number of hydrogen-bond donors (Lipinski definition) is 3. The number of pyridine rings is 1. The second-order valence-electron chi connectivity index (χ2n) is 15.8. The number of Topliss-reactive ketones (excluding diaryl/α,β-unsaturated/α-hetero) is 1. The fourth-order valence-electron chi connectivity index (χ4n) is 8.45. The third-order valence-electron chi connectivity index (χ3n) is 11.3. The number of rotatable bonds is 8. The number of nitrogens with zero attached hydrogens (tertiary/aromatic N) is 2. The van der Waals surface area contributed by atoms with E-state index in [1.807, 2.05) is 24.5 Å². The SMILES string of the molecule is COc1ccc(C(CC(=O)N[C@H](C(=O)N2CC3CC(C2)c2cccc(=O)n2C3)C(C)C)c2c(O)cc3c(c2O)C(=O)O[C@@H](C)CCCC(=O)CCCC=C3)cc1. The topological polar surface area (TPSA) is 164 Å². The van der Waals surface area contributed by atoms with Crippen molar-refractivity contribution in [1.82, 2.24) is 14.8 Å². The van der Waals surface area contributed by atoms with E-state index in [4.69, 9.17) is 9.47 Å². The number of ketones is 1. The van der Waals surface area contributed by atoms with Crippen molar-refractivity contribution >= 4 is 29.6 Å². The van der Waals surface area contributed by atoms with Crippen LogP contribution >= 0.6 is 0 Å². The standard InChI is InChI=1S/C44H53N3O9/c1-26(2)41(43(53)46-23-28-20-31(25-46)35-14-9-15-38(51)47(35)24-28)45-37(50)22-34(29-16-18-33(55-4)19-17-29)40-36(49)21-30-11-6-5-7-12-32(48)13-8-10-27(3)56-44(54)39(30)42(40)52/h6,9,11,14-19,21,26-28,31,34,41,49,52H,5,7-8,10,12-13,20,22-25H2,1-4H3,(H,45,50)/t27-,28?,31?,34?,41-/m0/s1. The predicted octanol–water partition coefficient (Wildman–Crippen LogP) is 6.06. The van der Waals surface area contributed by atoms with Crippen molar-refractivity contribution in [3.8, 4) is 17.2 Å². The van der Waals surface area contributed by atoms with Gasteiger partial charge in [0.1, 0.15) is 34.6 Å². The van der Waals surface area contributed by atoms with Crippen molar-refractivity contribution in [2.45, 2.75) is 103 Å². The normalized spacial score (nSPS) is 21.2. The number of methoxy groups -OCH3 is 1. The lowest BCUT2D eigenvalue weighted by molar-refractivity contribution is -0.140. The lowest BCUT2D eigenvalue weighted by Gasteiger charge is -2.44. The average molecular weight is 768 g/mol. The van der Waals surface area contributed by atoms with Crippen molar-refractivity contribution in [1.29, 1.82) is 0 Å². The van der Waals surface area contributed by atoms with Crippen LogP contribution in [0.5, 0.6) is 17.2 Å². The fourth-order valence-corrected chi connectivity index (χ4v) is 8.45. The molecule has 1 fully saturated rings. The van der Waals surface area contributed by atoms with Crippen molar-refractivity contribution in [3.05, 3.63) is 92.9 Å². The maximum Gasteiger partial charge on any atom is 0.342 e. The number of hydrogen-bond acceptors (Lipinski definition) is 9. The van der Waals surface area contributed by atoms with Gasteiger partial charge in [0.05, 0.1) is 13.2 Å². The molecule has 0 spiro atoms. The van der Waals surface area contributed by atoms with E-state index >= 15 is 0 Å². The largest absolute Gasteiger partial charge is 0.507 e. The molecule has 3 N–H and O–H groups in total. The molecule has 3 aliphatic rings. The second kappa shape index (κ2) is 17.6. The summed E-state index contributed by atoms with van der Waals surface area (Å²) in [4.78, 5) is 68.8. The summed E-state index contributed by atoms with van der Waals surface area (Å²) in [5.74, 6) is -2.70. The summed E-state index contributed by atoms with van der Waals surface area (Å²) < 4.78 is 12.9. The molecule has 2 bridgehead atoms. The van der Waals surface area contributed by atoms with E-state index in [-0.39, 0.29) is 63.9 Å². The first-order chi connectivity index (χ1) is 26.8. The Morgan fingerprint density at radius 3 is 2.48 bits per heavy atom. The Balaban J connectivity index is 1.30. The number of amides is 2. The minimum atomic E-state index is -0.952. The van der Waals surface area contributed by atoms with Crippen LogP contribution < -0.4 is 15.6 Å². The molecule has 3 unspecified atom stereocenters. The molecule has 5 atom stereocenters. The van der Waals surface area contributed by atoms with Gasteiger partial charge in [0.2, 0.25) is 11.8 Å². The van der Waals surface area contributed by atoms with Crippen LogP contribution in [0.4, 0.5) is 0 Å². The lowest BCUT2D eigenvalue weighted by Crippen LogP contribution is -2.56. The number of cyclic esters (lactones) is 1. The van der Waals surface area contributed by atoms with Crippen molar-refractivity contribution in [3.63, 3.8) is 0 Å². The van der Waals surface area contributed by atoms with Crippen LogP contribution in [0.1, 0.15) is 117 Å². The summed E-state index contributed by atoms with van der Waals surface area (Å²) in [6.45, 7) is 6.91. The van der Waals surface area contributed by atoms with E-state index in [1.165, 1.54) is 13.2 Å². The molecule has 3 aromatic rings. The number of piperidine rings is 1. The van der Waals surface area contributed by atoms with Crippen molar-refractivity contribution in [2.75, 3.05) is 20.2 Å². The summed E-state index contributed by atoms with van der Waals surface area (Å²) in [5, 5.41) is 26.6. The van der Waals surface area contributed by atoms with E-state index in [1.54, 1.807) is 60.4 Å². The van der Waals surface area contributed by atoms with Crippen LogP contribution in [-0.4, -0.2) is 75.6 Å². The van der Waals surface area contributed by atoms with Crippen LogP contribution in [0, 0.1) is 11.8 Å². The fraction of sp³-hybridized carbons (Fsp3) is 0.477. The molecule has 298 valence electrons. The molecule has 12 heteroatoms. The summed E-state index contributed by atoms with van der Waals surface area (Å²) in [5.41, 5.74) is 1.51. The molecular weight excluding hydrogens is 714 g/mol. The van der Waals surface area contributed by atoms with Gasteiger partial charge in [0.15, 0.2) is 0 Å². The highest BCUT2D eigenvalue weighted by Crippen LogP contribution is 2.44. The van der Waals surface area contributed by atoms with Crippen LogP contribution in [0.2, 0.25) is 0 Å². The van der Waals surface area contributed by atoms with Gasteiger partial charge in [-0.25, -0.2) is 4.79 Å². The van der Waals surface area contributed by atoms with Gasteiger partial charge in [-0.2, -0.15) is 0 Å². The summed E-state index contributed by atoms with van der Waals surface area (Å²) in [6, 6.07) is 12.6. The zero-order valence-electron chi connectivity index (χ0n) is 32.7. The van der Waals surface area contributed by atoms with Crippen LogP contribution in [0.25, 0.3) is 6.08 Å². The number of nitrogens with one attached hydrogen (secondary N) is 1. The Labute approximate surface area is 327 Å². The number of carbonyl (C=O) groups excluding carboxylic acids is 4. The van der Waals surface area contributed by atoms with Gasteiger partial charge in [-0.15, -0.1) is 0 Å². The average Bonchev–Trinajstić information content (AvgIpc) is 3.16. The van der Waals surface area contributed by atoms with Gasteiger partial charge in [-0.1, -0.05) is 44.2 Å². The first-order valence-electron chi connectivity index (χ1n) is 19.7. The van der Waals surface area contributed by atoms with Gasteiger partial charge >= 0.3 is 5.97 Å². The number of phenolic OH excluding ortho intramolecular Hbond substituents is 2. The molecule has 1 saturated heterocycles. The number of phenols is 2. The van der Waals surface area contributed by atoms with Crippen molar-refractivity contribution < 1.29 is 38.9 Å². The summed E-state index contributed by atoms with van der Waals surface area (Å²) in [6.07, 6.45) is 6.52. The predicted molar refractivity (Wildman–Crippen MR) is 211 cm³/mol. The van der Waals surface area contributed by atoms with Crippen LogP contribution in [0.3, 0.4) is 0 Å². The Morgan fingerprint density at radius 1 is 1.00 bits per heavy atom. The van der Waals surface area contributed by atoms with Gasteiger partial charge in [0, 0.05) is 68.1 Å². The van der Waals surface area contributed by atoms with Crippen molar-refractivity contribution in [2.24, 2.45) is 11.8 Å². The molecule has 2 amide bonds. The smallest absolute Gasteiger partial charge is 0.342 e.